The molecular weight excluding hydrogens is 294 g/mol. The summed E-state index contributed by atoms with van der Waals surface area (Å²) in [5.74, 6) is 2.05. The van der Waals surface area contributed by atoms with Crippen molar-refractivity contribution in [2.24, 2.45) is 0 Å². The van der Waals surface area contributed by atoms with E-state index >= 15 is 0 Å². The van der Waals surface area contributed by atoms with Gasteiger partial charge in [0.05, 0.1) is 26.4 Å². The van der Waals surface area contributed by atoms with Crippen LogP contribution in [0.15, 0.2) is 18.2 Å². The van der Waals surface area contributed by atoms with Crippen LogP contribution < -0.4 is 19.5 Å². The lowest BCUT2D eigenvalue weighted by molar-refractivity contribution is 0.00989. The summed E-state index contributed by atoms with van der Waals surface area (Å²) in [4.78, 5) is 0. The first-order valence-electron chi connectivity index (χ1n) is 8.47. The molecule has 1 saturated carbocycles. The Balaban J connectivity index is 1.45. The second kappa shape index (κ2) is 7.41. The SMILES string of the molecule is COc1cccc(OC)c1OCCN[C@H]1COC2(CCCC2)C1. The Bertz CT molecular complexity index is 491. The van der Waals surface area contributed by atoms with Crippen LogP contribution in [0.5, 0.6) is 17.2 Å². The van der Waals surface area contributed by atoms with Gasteiger partial charge in [-0.05, 0) is 31.4 Å². The fraction of sp³-hybridized carbons (Fsp3) is 0.667. The second-order valence-corrected chi connectivity index (χ2v) is 6.40. The largest absolute Gasteiger partial charge is 0.493 e. The van der Waals surface area contributed by atoms with Crippen LogP contribution in [0.25, 0.3) is 0 Å². The maximum Gasteiger partial charge on any atom is 0.203 e. The molecule has 0 radical (unpaired) electrons. The molecule has 5 heteroatoms. The molecule has 2 aliphatic rings. The Labute approximate surface area is 138 Å². The van der Waals surface area contributed by atoms with Crippen LogP contribution in [0.4, 0.5) is 0 Å². The lowest BCUT2D eigenvalue weighted by Crippen LogP contribution is -2.34. The number of ether oxygens (including phenoxy) is 4. The van der Waals surface area contributed by atoms with Gasteiger partial charge in [0.15, 0.2) is 11.5 Å². The lowest BCUT2D eigenvalue weighted by atomic mass is 9.96. The van der Waals surface area contributed by atoms with Gasteiger partial charge in [-0.1, -0.05) is 18.9 Å². The minimum atomic E-state index is 0.171. The van der Waals surface area contributed by atoms with Gasteiger partial charge < -0.3 is 24.3 Å². The fourth-order valence-corrected chi connectivity index (χ4v) is 3.72. The zero-order valence-corrected chi connectivity index (χ0v) is 14.1. The average molecular weight is 321 g/mol. The molecule has 1 saturated heterocycles. The first kappa shape index (κ1) is 16.4. The predicted octanol–water partition coefficient (Wildman–Crippen LogP) is 2.77. The summed E-state index contributed by atoms with van der Waals surface area (Å²) in [6.45, 7) is 2.17. The lowest BCUT2D eigenvalue weighted by Gasteiger charge is -2.21. The third-order valence-electron chi connectivity index (χ3n) is 4.89. The molecular formula is C18H27NO4. The van der Waals surface area contributed by atoms with Crippen molar-refractivity contribution in [2.75, 3.05) is 34.0 Å². The van der Waals surface area contributed by atoms with Crippen LogP contribution in [0.3, 0.4) is 0 Å². The van der Waals surface area contributed by atoms with Crippen LogP contribution in [0.1, 0.15) is 32.1 Å². The summed E-state index contributed by atoms with van der Waals surface area (Å²) in [5.41, 5.74) is 0.171. The number of hydrogen-bond acceptors (Lipinski definition) is 5. The molecule has 1 aromatic carbocycles. The molecule has 1 spiro atoms. The zero-order valence-electron chi connectivity index (χ0n) is 14.1. The highest BCUT2D eigenvalue weighted by molar-refractivity contribution is 5.51. The van der Waals surface area contributed by atoms with Crippen molar-refractivity contribution in [2.45, 2.75) is 43.7 Å². The Morgan fingerprint density at radius 3 is 2.52 bits per heavy atom. The van der Waals surface area contributed by atoms with E-state index in [0.29, 0.717) is 29.9 Å². The first-order valence-corrected chi connectivity index (χ1v) is 8.47. The summed E-state index contributed by atoms with van der Waals surface area (Å²) in [6.07, 6.45) is 6.19. The van der Waals surface area contributed by atoms with E-state index < -0.39 is 0 Å². The molecule has 0 bridgehead atoms. The highest BCUT2D eigenvalue weighted by Gasteiger charge is 2.42. The molecule has 0 unspecified atom stereocenters. The fourth-order valence-electron chi connectivity index (χ4n) is 3.72. The van der Waals surface area contributed by atoms with E-state index in [1.54, 1.807) is 14.2 Å². The van der Waals surface area contributed by atoms with E-state index in [-0.39, 0.29) is 5.60 Å². The van der Waals surface area contributed by atoms with Crippen molar-refractivity contribution in [1.82, 2.24) is 5.32 Å². The molecule has 1 aromatic rings. The number of nitrogens with one attached hydrogen (secondary N) is 1. The Morgan fingerprint density at radius 2 is 1.87 bits per heavy atom. The maximum atomic E-state index is 6.06. The molecule has 5 nitrogen and oxygen atoms in total. The quantitative estimate of drug-likeness (QED) is 0.783. The van der Waals surface area contributed by atoms with Crippen LogP contribution in [0, 0.1) is 0 Å². The third-order valence-corrected chi connectivity index (χ3v) is 4.89. The van der Waals surface area contributed by atoms with Gasteiger partial charge in [-0.25, -0.2) is 0 Å². The highest BCUT2D eigenvalue weighted by Crippen LogP contribution is 2.41. The molecule has 128 valence electrons. The van der Waals surface area contributed by atoms with Crippen LogP contribution in [0.2, 0.25) is 0 Å². The van der Waals surface area contributed by atoms with Crippen molar-refractivity contribution in [3.05, 3.63) is 18.2 Å². The van der Waals surface area contributed by atoms with Gasteiger partial charge >= 0.3 is 0 Å². The molecule has 1 N–H and O–H groups in total. The number of methoxy groups -OCH3 is 2. The summed E-state index contributed by atoms with van der Waals surface area (Å²) >= 11 is 0. The monoisotopic (exact) mass is 321 g/mol. The smallest absolute Gasteiger partial charge is 0.203 e. The molecule has 0 amide bonds. The Kier molecular flexibility index (Phi) is 5.28. The van der Waals surface area contributed by atoms with E-state index in [1.165, 1.54) is 25.7 Å². The third kappa shape index (κ3) is 3.72. The predicted molar refractivity (Wildman–Crippen MR) is 88.6 cm³/mol. The molecule has 1 atom stereocenters. The van der Waals surface area contributed by atoms with Crippen molar-refractivity contribution in [3.63, 3.8) is 0 Å². The second-order valence-electron chi connectivity index (χ2n) is 6.40. The van der Waals surface area contributed by atoms with E-state index in [0.717, 1.165) is 19.6 Å². The van der Waals surface area contributed by atoms with Crippen LogP contribution >= 0.6 is 0 Å². The van der Waals surface area contributed by atoms with Gasteiger partial charge in [0.1, 0.15) is 6.61 Å². The maximum absolute atomic E-state index is 6.06. The average Bonchev–Trinajstić information content (AvgIpc) is 3.21. The van der Waals surface area contributed by atoms with Crippen LogP contribution in [-0.4, -0.2) is 45.6 Å². The van der Waals surface area contributed by atoms with E-state index in [4.69, 9.17) is 18.9 Å². The van der Waals surface area contributed by atoms with Crippen molar-refractivity contribution in [1.29, 1.82) is 0 Å². The molecule has 1 heterocycles. The van der Waals surface area contributed by atoms with Crippen molar-refractivity contribution < 1.29 is 18.9 Å². The number of para-hydroxylation sites is 1. The van der Waals surface area contributed by atoms with Crippen molar-refractivity contribution in [3.8, 4) is 17.2 Å². The zero-order chi connectivity index (χ0) is 16.1. The number of rotatable bonds is 7. The minimum absolute atomic E-state index is 0.171. The standard InChI is InChI=1S/C18H27NO4/c1-20-15-6-5-7-16(21-2)17(15)22-11-10-19-14-12-18(23-13-14)8-3-4-9-18/h5-7,14,19H,3-4,8-13H2,1-2H3/t14-/m1/s1. The number of hydrogen-bond donors (Lipinski definition) is 1. The summed E-state index contributed by atoms with van der Waals surface area (Å²) < 4.78 is 22.6. The van der Waals surface area contributed by atoms with E-state index in [1.807, 2.05) is 18.2 Å². The van der Waals surface area contributed by atoms with Gasteiger partial charge in [-0.3, -0.25) is 0 Å². The minimum Gasteiger partial charge on any atom is -0.493 e. The van der Waals surface area contributed by atoms with E-state index in [9.17, 15) is 0 Å². The van der Waals surface area contributed by atoms with Gasteiger partial charge in [-0.15, -0.1) is 0 Å². The topological polar surface area (TPSA) is 49.0 Å². The molecule has 1 aliphatic carbocycles. The van der Waals surface area contributed by atoms with Crippen LogP contribution in [-0.2, 0) is 4.74 Å². The number of benzene rings is 1. The first-order chi connectivity index (χ1) is 11.3. The van der Waals surface area contributed by atoms with Gasteiger partial charge in [0.25, 0.3) is 0 Å². The summed E-state index contributed by atoms with van der Waals surface area (Å²) in [5, 5.41) is 3.55. The molecule has 2 fully saturated rings. The normalized spacial score (nSPS) is 22.4. The molecule has 3 rings (SSSR count). The summed E-state index contributed by atoms with van der Waals surface area (Å²) in [7, 11) is 3.27. The van der Waals surface area contributed by atoms with Gasteiger partial charge in [0, 0.05) is 12.6 Å². The molecule has 0 aromatic heterocycles. The van der Waals surface area contributed by atoms with Crippen molar-refractivity contribution >= 4 is 0 Å². The van der Waals surface area contributed by atoms with E-state index in [2.05, 4.69) is 5.32 Å². The summed E-state index contributed by atoms with van der Waals surface area (Å²) in [6, 6.07) is 6.08. The molecule has 23 heavy (non-hydrogen) atoms. The Morgan fingerprint density at radius 1 is 1.17 bits per heavy atom. The van der Waals surface area contributed by atoms with Gasteiger partial charge in [-0.2, -0.15) is 0 Å². The van der Waals surface area contributed by atoms with Gasteiger partial charge in [0.2, 0.25) is 5.75 Å². The highest BCUT2D eigenvalue weighted by atomic mass is 16.5. The Hall–Kier alpha value is -1.46. The molecule has 1 aliphatic heterocycles.